The molecule has 0 aliphatic heterocycles. The lowest BCUT2D eigenvalue weighted by Gasteiger charge is -2.26. The van der Waals surface area contributed by atoms with Gasteiger partial charge in [0.05, 0.1) is 5.60 Å². The van der Waals surface area contributed by atoms with Crippen LogP contribution in [0, 0.1) is 0 Å². The first kappa shape index (κ1) is 15.2. The zero-order valence-electron chi connectivity index (χ0n) is 12.1. The van der Waals surface area contributed by atoms with Crippen LogP contribution in [0.25, 0.3) is 0 Å². The van der Waals surface area contributed by atoms with Crippen molar-refractivity contribution >= 4 is 5.91 Å². The van der Waals surface area contributed by atoms with Crippen molar-refractivity contribution in [3.05, 3.63) is 71.3 Å². The Morgan fingerprint density at radius 1 is 0.857 bits per heavy atom. The molecule has 0 fully saturated rings. The molecule has 2 aromatic rings. The first-order chi connectivity index (χ1) is 9.76. The first-order valence-electron chi connectivity index (χ1n) is 6.67. The second kappa shape index (κ2) is 5.31. The van der Waals surface area contributed by atoms with Crippen molar-refractivity contribution in [2.24, 2.45) is 5.73 Å². The predicted octanol–water partition coefficient (Wildman–Crippen LogP) is 1.64. The molecule has 0 spiro atoms. The van der Waals surface area contributed by atoms with Gasteiger partial charge in [-0.1, -0.05) is 54.6 Å². The van der Waals surface area contributed by atoms with Crippen LogP contribution in [0.1, 0.15) is 30.5 Å². The summed E-state index contributed by atoms with van der Waals surface area (Å²) in [5.41, 5.74) is 4.01. The summed E-state index contributed by atoms with van der Waals surface area (Å²) in [6.45, 7) is 3.33. The quantitative estimate of drug-likeness (QED) is 0.798. The van der Waals surface area contributed by atoms with Crippen LogP contribution >= 0.6 is 0 Å². The molecule has 4 heteroatoms. The average molecular weight is 285 g/mol. The highest BCUT2D eigenvalue weighted by Crippen LogP contribution is 2.31. The van der Waals surface area contributed by atoms with Gasteiger partial charge >= 0.3 is 0 Å². The topological polar surface area (TPSA) is 83.6 Å². The van der Waals surface area contributed by atoms with Crippen molar-refractivity contribution in [1.29, 1.82) is 0 Å². The van der Waals surface area contributed by atoms with Crippen LogP contribution in [0.3, 0.4) is 0 Å². The number of primary amides is 1. The molecule has 0 saturated heterocycles. The monoisotopic (exact) mass is 285 g/mol. The Bertz CT molecular complexity index is 629. The van der Waals surface area contributed by atoms with E-state index in [2.05, 4.69) is 0 Å². The summed E-state index contributed by atoms with van der Waals surface area (Å²) in [6, 6.07) is 15.1. The molecule has 2 aromatic carbocycles. The smallest absolute Gasteiger partial charge is 0.258 e. The van der Waals surface area contributed by atoms with Gasteiger partial charge in [0.1, 0.15) is 0 Å². The maximum Gasteiger partial charge on any atom is 0.258 e. The highest BCUT2D eigenvalue weighted by Gasteiger charge is 2.38. The molecule has 1 unspecified atom stereocenters. The molecule has 21 heavy (non-hydrogen) atoms. The number of aliphatic hydroxyl groups is 2. The third kappa shape index (κ3) is 2.82. The molecule has 110 valence electrons. The molecule has 4 nitrogen and oxygen atoms in total. The second-order valence-electron chi connectivity index (χ2n) is 5.58. The van der Waals surface area contributed by atoms with Gasteiger partial charge in [0.15, 0.2) is 5.60 Å². The normalized spacial score (nSPS) is 14.5. The minimum Gasteiger partial charge on any atom is -0.386 e. The van der Waals surface area contributed by atoms with Crippen LogP contribution in [-0.2, 0) is 16.0 Å². The number of hydrogen-bond acceptors (Lipinski definition) is 3. The van der Waals surface area contributed by atoms with Crippen molar-refractivity contribution in [3.8, 4) is 0 Å². The van der Waals surface area contributed by atoms with Crippen LogP contribution in [0.2, 0.25) is 0 Å². The Morgan fingerprint density at radius 3 is 1.71 bits per heavy atom. The summed E-state index contributed by atoms with van der Waals surface area (Å²) < 4.78 is 0. The van der Waals surface area contributed by atoms with Crippen molar-refractivity contribution < 1.29 is 15.0 Å². The van der Waals surface area contributed by atoms with Crippen molar-refractivity contribution in [3.63, 3.8) is 0 Å². The van der Waals surface area contributed by atoms with E-state index in [4.69, 9.17) is 5.73 Å². The Labute approximate surface area is 123 Å². The molecule has 0 aromatic heterocycles. The average Bonchev–Trinajstić information content (AvgIpc) is 2.46. The molecule has 0 bridgehead atoms. The number of nitrogens with two attached hydrogens (primary N) is 1. The molecule has 1 atom stereocenters. The number of carbonyl (C=O) groups excluding carboxylic acids is 1. The van der Waals surface area contributed by atoms with Crippen molar-refractivity contribution in [1.82, 2.24) is 0 Å². The number of hydrogen-bond donors (Lipinski definition) is 3. The predicted molar refractivity (Wildman–Crippen MR) is 80.3 cm³/mol. The fraction of sp³-hybridized carbons (Fsp3) is 0.235. The molecule has 4 N–H and O–H groups in total. The summed E-state index contributed by atoms with van der Waals surface area (Å²) in [6.07, 6.45) is 0. The fourth-order valence-corrected chi connectivity index (χ4v) is 2.25. The van der Waals surface area contributed by atoms with E-state index in [1.807, 2.05) is 0 Å². The van der Waals surface area contributed by atoms with Gasteiger partial charge in [-0.15, -0.1) is 0 Å². The highest BCUT2D eigenvalue weighted by atomic mass is 16.3. The van der Waals surface area contributed by atoms with Crippen LogP contribution < -0.4 is 5.73 Å². The van der Waals surface area contributed by atoms with E-state index in [0.717, 1.165) is 0 Å². The molecule has 0 radical (unpaired) electrons. The van der Waals surface area contributed by atoms with E-state index < -0.39 is 17.1 Å². The summed E-state index contributed by atoms with van der Waals surface area (Å²) in [5.74, 6) is -0.843. The van der Waals surface area contributed by atoms with Crippen LogP contribution in [0.4, 0.5) is 0 Å². The molecule has 0 saturated carbocycles. The van der Waals surface area contributed by atoms with Gasteiger partial charge in [-0.25, -0.2) is 0 Å². The van der Waals surface area contributed by atoms with E-state index in [1.165, 1.54) is 0 Å². The van der Waals surface area contributed by atoms with E-state index >= 15 is 0 Å². The van der Waals surface area contributed by atoms with Gasteiger partial charge in [-0.2, -0.15) is 0 Å². The van der Waals surface area contributed by atoms with Crippen LogP contribution in [0.5, 0.6) is 0 Å². The minimum atomic E-state index is -1.89. The Balaban J connectivity index is 2.52. The van der Waals surface area contributed by atoms with Gasteiger partial charge in [-0.3, -0.25) is 4.79 Å². The van der Waals surface area contributed by atoms with E-state index in [9.17, 15) is 15.0 Å². The number of benzene rings is 2. The lowest BCUT2D eigenvalue weighted by molar-refractivity contribution is -0.133. The largest absolute Gasteiger partial charge is 0.386 e. The lowest BCUT2D eigenvalue weighted by atomic mass is 9.84. The summed E-state index contributed by atoms with van der Waals surface area (Å²) in [7, 11) is 0. The van der Waals surface area contributed by atoms with Crippen molar-refractivity contribution in [2.45, 2.75) is 25.0 Å². The second-order valence-corrected chi connectivity index (χ2v) is 5.58. The highest BCUT2D eigenvalue weighted by molar-refractivity contribution is 5.88. The van der Waals surface area contributed by atoms with Gasteiger partial charge in [0.25, 0.3) is 5.91 Å². The van der Waals surface area contributed by atoms with Gasteiger partial charge in [0, 0.05) is 0 Å². The Morgan fingerprint density at radius 2 is 1.29 bits per heavy atom. The van der Waals surface area contributed by atoms with E-state index in [-0.39, 0.29) is 0 Å². The number of amides is 1. The standard InChI is InChI=1S/C17H19NO3/c1-16(2,20)12-8-10-14(11-9-12)17(21,15(18)19)13-6-4-3-5-7-13/h3-11,20-21H,1-2H3,(H2,18,19). The fourth-order valence-electron chi connectivity index (χ4n) is 2.25. The Hall–Kier alpha value is -2.17. The molecule has 0 aliphatic rings. The van der Waals surface area contributed by atoms with Gasteiger partial charge in [-0.05, 0) is 30.5 Å². The zero-order chi connectivity index (χ0) is 15.7. The Kier molecular flexibility index (Phi) is 3.85. The molecule has 0 heterocycles. The third-order valence-electron chi connectivity index (χ3n) is 3.56. The van der Waals surface area contributed by atoms with E-state index in [0.29, 0.717) is 16.7 Å². The summed E-state index contributed by atoms with van der Waals surface area (Å²) in [5, 5.41) is 20.7. The summed E-state index contributed by atoms with van der Waals surface area (Å²) in [4.78, 5) is 11.8. The van der Waals surface area contributed by atoms with Gasteiger partial charge < -0.3 is 15.9 Å². The molecule has 2 rings (SSSR count). The SMILES string of the molecule is CC(C)(O)c1ccc(C(O)(C(N)=O)c2ccccc2)cc1. The minimum absolute atomic E-state index is 0.370. The number of rotatable bonds is 4. The maximum absolute atomic E-state index is 11.8. The van der Waals surface area contributed by atoms with E-state index in [1.54, 1.807) is 68.4 Å². The van der Waals surface area contributed by atoms with Crippen molar-refractivity contribution in [2.75, 3.05) is 0 Å². The molecule has 1 amide bonds. The number of carbonyl (C=O) groups is 1. The maximum atomic E-state index is 11.8. The van der Waals surface area contributed by atoms with Crippen LogP contribution in [-0.4, -0.2) is 16.1 Å². The molecular formula is C17H19NO3. The third-order valence-corrected chi connectivity index (χ3v) is 3.56. The molecular weight excluding hydrogens is 266 g/mol. The first-order valence-corrected chi connectivity index (χ1v) is 6.67. The zero-order valence-corrected chi connectivity index (χ0v) is 12.1. The molecule has 0 aliphatic carbocycles. The van der Waals surface area contributed by atoms with Gasteiger partial charge in [0.2, 0.25) is 0 Å². The lowest BCUT2D eigenvalue weighted by Crippen LogP contribution is -2.42. The van der Waals surface area contributed by atoms with Crippen LogP contribution in [0.15, 0.2) is 54.6 Å². The summed E-state index contributed by atoms with van der Waals surface area (Å²) >= 11 is 0.